The number of nitro benzene ring substituents is 1. The number of non-ortho nitro benzene ring substituents is 1. The number of carbonyl (C=O) groups is 4. The number of aliphatic hydroxyl groups excluding tert-OH is 1. The van der Waals surface area contributed by atoms with Crippen LogP contribution < -0.4 is 21.3 Å². The number of piperidine rings is 1. The minimum atomic E-state index is -0.609. The van der Waals surface area contributed by atoms with Gasteiger partial charge in [-0.25, -0.2) is 4.98 Å². The Bertz CT molecular complexity index is 2170. The SMILES string of the molecule is Cn1cc(NC(=O)c2cc3c([N+](=O)[O-])cccc3cn2)cc1C(=O)Nc1ccc(C(=O)Nc2cn(C)c(C(=O)NCCN3CCC(O)CC3)n2)cc1. The topological polar surface area (TPSA) is 219 Å². The van der Waals surface area contributed by atoms with E-state index in [-0.39, 0.29) is 51.7 Å². The van der Waals surface area contributed by atoms with E-state index < -0.39 is 22.6 Å². The molecule has 2 aromatic carbocycles. The molecule has 0 radical (unpaired) electrons. The third-order valence-electron chi connectivity index (χ3n) is 8.66. The summed E-state index contributed by atoms with van der Waals surface area (Å²) in [6.45, 7) is 2.65. The van der Waals surface area contributed by atoms with Gasteiger partial charge in [-0.3, -0.25) is 34.3 Å². The number of likely N-dealkylation sites (tertiary alicyclic amines) is 1. The van der Waals surface area contributed by atoms with Gasteiger partial charge < -0.3 is 40.4 Å². The third kappa shape index (κ3) is 8.11. The molecule has 0 saturated carbocycles. The zero-order chi connectivity index (χ0) is 36.9. The molecule has 0 unspecified atom stereocenters. The summed E-state index contributed by atoms with van der Waals surface area (Å²) >= 11 is 0. The molecule has 0 spiro atoms. The fraction of sp³-hybridized carbons (Fsp3) is 0.257. The molecule has 1 saturated heterocycles. The Morgan fingerprint density at radius 3 is 2.35 bits per heavy atom. The smallest absolute Gasteiger partial charge is 0.287 e. The first-order valence-electron chi connectivity index (χ1n) is 16.4. The number of nitro groups is 1. The summed E-state index contributed by atoms with van der Waals surface area (Å²) in [6, 6.07) is 13.5. The van der Waals surface area contributed by atoms with Crippen molar-refractivity contribution < 1.29 is 29.2 Å². The van der Waals surface area contributed by atoms with Crippen molar-refractivity contribution >= 4 is 57.3 Å². The number of aryl methyl sites for hydroxylation is 2. The van der Waals surface area contributed by atoms with Gasteiger partial charge in [0.2, 0.25) is 5.82 Å². The van der Waals surface area contributed by atoms with Gasteiger partial charge >= 0.3 is 0 Å². The number of hydrogen-bond donors (Lipinski definition) is 5. The predicted molar refractivity (Wildman–Crippen MR) is 191 cm³/mol. The van der Waals surface area contributed by atoms with E-state index in [2.05, 4.69) is 36.1 Å². The molecule has 52 heavy (non-hydrogen) atoms. The van der Waals surface area contributed by atoms with Gasteiger partial charge in [0.1, 0.15) is 11.4 Å². The van der Waals surface area contributed by atoms with Crippen molar-refractivity contribution in [3.05, 3.63) is 106 Å². The molecule has 1 aliphatic heterocycles. The number of rotatable bonds is 11. The lowest BCUT2D eigenvalue weighted by Crippen LogP contribution is -2.41. The van der Waals surface area contributed by atoms with Gasteiger partial charge in [-0.05, 0) is 49.2 Å². The van der Waals surface area contributed by atoms with Gasteiger partial charge in [-0.1, -0.05) is 12.1 Å². The Morgan fingerprint density at radius 1 is 0.885 bits per heavy atom. The molecule has 1 aliphatic rings. The average molecular weight is 709 g/mol. The Morgan fingerprint density at radius 2 is 1.62 bits per heavy atom. The predicted octanol–water partition coefficient (Wildman–Crippen LogP) is 3.16. The molecule has 4 heterocycles. The average Bonchev–Trinajstić information content (AvgIpc) is 3.69. The Hall–Kier alpha value is -6.46. The van der Waals surface area contributed by atoms with E-state index in [4.69, 9.17) is 0 Å². The van der Waals surface area contributed by atoms with Crippen molar-refractivity contribution in [1.29, 1.82) is 0 Å². The van der Waals surface area contributed by atoms with E-state index in [9.17, 15) is 34.4 Å². The first-order valence-corrected chi connectivity index (χ1v) is 16.4. The van der Waals surface area contributed by atoms with Crippen LogP contribution >= 0.6 is 0 Å². The van der Waals surface area contributed by atoms with Crippen LogP contribution in [-0.4, -0.2) is 89.9 Å². The number of amides is 4. The Labute approximate surface area is 296 Å². The number of nitrogens with one attached hydrogen (secondary N) is 4. The lowest BCUT2D eigenvalue weighted by atomic mass is 10.1. The van der Waals surface area contributed by atoms with Crippen LogP contribution in [0.25, 0.3) is 10.8 Å². The maximum absolute atomic E-state index is 13.1. The third-order valence-corrected chi connectivity index (χ3v) is 8.66. The number of nitrogens with zero attached hydrogens (tertiary/aromatic N) is 6. The van der Waals surface area contributed by atoms with Gasteiger partial charge in [-0.2, -0.15) is 0 Å². The highest BCUT2D eigenvalue weighted by molar-refractivity contribution is 6.08. The molecule has 0 bridgehead atoms. The summed E-state index contributed by atoms with van der Waals surface area (Å²) in [6.07, 6.45) is 5.64. The van der Waals surface area contributed by atoms with Gasteiger partial charge in [0.15, 0.2) is 5.82 Å². The summed E-state index contributed by atoms with van der Waals surface area (Å²) < 4.78 is 3.04. The molecule has 3 aromatic heterocycles. The standard InChI is InChI=1S/C35H36N10O7/c1-42-19-24(39-33(48)27-17-26-22(18-37-27)4-3-5-28(26)45(51)52)16-29(42)34(49)38-23-8-6-21(7-9-23)32(47)41-30-20-43(2)31(40-30)35(50)36-12-15-44-13-10-25(46)11-14-44/h3-9,16-20,25,46H,10-15H2,1-2H3,(H,36,50)(H,38,49)(H,39,48)(H,41,47). The second kappa shape index (κ2) is 15.2. The number of carbonyl (C=O) groups excluding carboxylic acids is 4. The van der Waals surface area contributed by atoms with Crippen LogP contribution in [0.15, 0.2) is 73.2 Å². The molecule has 17 nitrogen and oxygen atoms in total. The normalized spacial score (nSPS) is 13.4. The number of aliphatic hydroxyl groups is 1. The van der Waals surface area contributed by atoms with E-state index >= 15 is 0 Å². The summed E-state index contributed by atoms with van der Waals surface area (Å²) in [5.41, 5.74) is 1.05. The highest BCUT2D eigenvalue weighted by Crippen LogP contribution is 2.26. The molecule has 0 atom stereocenters. The zero-order valence-electron chi connectivity index (χ0n) is 28.3. The van der Waals surface area contributed by atoms with Crippen LogP contribution in [0.5, 0.6) is 0 Å². The van der Waals surface area contributed by atoms with Crippen LogP contribution in [0.4, 0.5) is 22.9 Å². The first kappa shape index (κ1) is 35.4. The monoisotopic (exact) mass is 708 g/mol. The second-order valence-electron chi connectivity index (χ2n) is 12.4. The minimum absolute atomic E-state index is 0.0308. The number of aromatic nitrogens is 4. The molecule has 5 N–H and O–H groups in total. The number of fused-ring (bicyclic) bond motifs is 1. The molecule has 4 amide bonds. The molecule has 1 fully saturated rings. The molecule has 0 aliphatic carbocycles. The number of pyridine rings is 1. The summed E-state index contributed by atoms with van der Waals surface area (Å²) in [4.78, 5) is 73.2. The van der Waals surface area contributed by atoms with Crippen LogP contribution in [0.2, 0.25) is 0 Å². The number of anilines is 3. The van der Waals surface area contributed by atoms with Crippen molar-refractivity contribution in [3.63, 3.8) is 0 Å². The number of benzene rings is 2. The van der Waals surface area contributed by atoms with Crippen molar-refractivity contribution in [1.82, 2.24) is 29.3 Å². The Balaban J connectivity index is 1.02. The second-order valence-corrected chi connectivity index (χ2v) is 12.4. The molecule has 17 heteroatoms. The highest BCUT2D eigenvalue weighted by atomic mass is 16.6. The van der Waals surface area contributed by atoms with Crippen molar-refractivity contribution in [2.24, 2.45) is 14.1 Å². The fourth-order valence-electron chi connectivity index (χ4n) is 5.87. The highest BCUT2D eigenvalue weighted by Gasteiger charge is 2.20. The quantitative estimate of drug-likeness (QED) is 0.0997. The first-order chi connectivity index (χ1) is 24.9. The molecule has 6 rings (SSSR count). The van der Waals surface area contributed by atoms with E-state index in [1.165, 1.54) is 51.9 Å². The maximum atomic E-state index is 13.1. The lowest BCUT2D eigenvalue weighted by molar-refractivity contribution is -0.383. The van der Waals surface area contributed by atoms with Crippen LogP contribution in [0, 0.1) is 10.1 Å². The minimum Gasteiger partial charge on any atom is -0.393 e. The van der Waals surface area contributed by atoms with Gasteiger partial charge in [0.25, 0.3) is 29.3 Å². The largest absolute Gasteiger partial charge is 0.393 e. The van der Waals surface area contributed by atoms with Crippen LogP contribution in [0.3, 0.4) is 0 Å². The summed E-state index contributed by atoms with van der Waals surface area (Å²) in [5, 5.41) is 32.8. The number of hydrogen-bond acceptors (Lipinski definition) is 10. The van der Waals surface area contributed by atoms with E-state index in [0.29, 0.717) is 29.9 Å². The maximum Gasteiger partial charge on any atom is 0.287 e. The molecule has 268 valence electrons. The van der Waals surface area contributed by atoms with Gasteiger partial charge in [-0.15, -0.1) is 0 Å². The van der Waals surface area contributed by atoms with Crippen LogP contribution in [0.1, 0.15) is 54.8 Å². The summed E-state index contributed by atoms with van der Waals surface area (Å²) in [7, 11) is 3.28. The Kier molecular flexibility index (Phi) is 10.3. The van der Waals surface area contributed by atoms with Gasteiger partial charge in [0.05, 0.1) is 22.1 Å². The fourth-order valence-corrected chi connectivity index (χ4v) is 5.87. The van der Waals surface area contributed by atoms with Gasteiger partial charge in [0, 0.05) is 81.6 Å². The van der Waals surface area contributed by atoms with E-state index in [1.807, 2.05) is 0 Å². The summed E-state index contributed by atoms with van der Waals surface area (Å²) in [5.74, 6) is -1.58. The van der Waals surface area contributed by atoms with E-state index in [1.54, 1.807) is 44.6 Å². The lowest BCUT2D eigenvalue weighted by Gasteiger charge is -2.29. The van der Waals surface area contributed by atoms with Crippen LogP contribution in [-0.2, 0) is 14.1 Å². The van der Waals surface area contributed by atoms with Crippen molar-refractivity contribution in [2.45, 2.75) is 18.9 Å². The van der Waals surface area contributed by atoms with Crippen molar-refractivity contribution in [2.75, 3.05) is 42.1 Å². The molecular formula is C35H36N10O7. The molecule has 5 aromatic rings. The van der Waals surface area contributed by atoms with E-state index in [0.717, 1.165) is 25.9 Å². The van der Waals surface area contributed by atoms with Crippen molar-refractivity contribution in [3.8, 4) is 0 Å². The zero-order valence-corrected chi connectivity index (χ0v) is 28.3. The number of imidazole rings is 1. The molecular weight excluding hydrogens is 672 g/mol.